The first-order chi connectivity index (χ1) is 15.3. The smallest absolute Gasteiger partial charge is 0.243 e. The zero-order valence-corrected chi connectivity index (χ0v) is 20.2. The fourth-order valence-corrected chi connectivity index (χ4v) is 6.27. The molecule has 1 atom stereocenters. The van der Waals surface area contributed by atoms with Crippen LogP contribution >= 0.6 is 11.6 Å². The number of amides is 1. The van der Waals surface area contributed by atoms with Crippen LogP contribution in [0.5, 0.6) is 0 Å². The highest BCUT2D eigenvalue weighted by molar-refractivity contribution is 7.89. The standard InChI is InChI=1S/C24H30ClN3O3S/c1-18-5-3-7-23(19(18)2)26-13-15-27(16-14-26)24(29)20-6-4-12-28(17-20)32(30,31)22-10-8-21(25)9-11-22/h3,5,7-11,20H,4,6,12-17H2,1-2H3/t20-/m0/s1. The number of hydrogen-bond donors (Lipinski definition) is 0. The summed E-state index contributed by atoms with van der Waals surface area (Å²) in [6.07, 6.45) is 1.41. The molecule has 8 heteroatoms. The molecule has 2 aliphatic heterocycles. The van der Waals surface area contributed by atoms with Crippen molar-refractivity contribution in [2.45, 2.75) is 31.6 Å². The van der Waals surface area contributed by atoms with Crippen molar-refractivity contribution in [3.8, 4) is 0 Å². The van der Waals surface area contributed by atoms with Crippen molar-refractivity contribution in [1.82, 2.24) is 9.21 Å². The van der Waals surface area contributed by atoms with Crippen LogP contribution in [-0.4, -0.2) is 62.8 Å². The molecule has 0 aromatic heterocycles. The molecule has 0 saturated carbocycles. The molecule has 2 aromatic carbocycles. The molecule has 0 aliphatic carbocycles. The summed E-state index contributed by atoms with van der Waals surface area (Å²) in [4.78, 5) is 17.7. The number of anilines is 1. The average Bonchev–Trinajstić information content (AvgIpc) is 2.81. The van der Waals surface area contributed by atoms with Crippen LogP contribution in [0.25, 0.3) is 0 Å². The van der Waals surface area contributed by atoms with E-state index < -0.39 is 10.0 Å². The second-order valence-electron chi connectivity index (χ2n) is 8.69. The summed E-state index contributed by atoms with van der Waals surface area (Å²) in [6, 6.07) is 12.5. The second kappa shape index (κ2) is 9.41. The maximum Gasteiger partial charge on any atom is 0.243 e. The molecule has 6 nitrogen and oxygen atoms in total. The summed E-state index contributed by atoms with van der Waals surface area (Å²) >= 11 is 5.90. The minimum Gasteiger partial charge on any atom is -0.368 e. The van der Waals surface area contributed by atoms with Gasteiger partial charge in [0.25, 0.3) is 0 Å². The number of piperidine rings is 1. The molecule has 0 radical (unpaired) electrons. The molecule has 2 saturated heterocycles. The molecule has 2 aliphatic rings. The molecule has 2 fully saturated rings. The number of sulfonamides is 1. The monoisotopic (exact) mass is 475 g/mol. The van der Waals surface area contributed by atoms with Crippen LogP contribution in [0, 0.1) is 19.8 Å². The molecule has 1 amide bonds. The van der Waals surface area contributed by atoms with E-state index in [-0.39, 0.29) is 23.3 Å². The molecule has 2 aromatic rings. The van der Waals surface area contributed by atoms with Gasteiger partial charge >= 0.3 is 0 Å². The summed E-state index contributed by atoms with van der Waals surface area (Å²) < 4.78 is 27.6. The first-order valence-electron chi connectivity index (χ1n) is 11.1. The number of benzene rings is 2. The van der Waals surface area contributed by atoms with E-state index in [1.54, 1.807) is 12.1 Å². The van der Waals surface area contributed by atoms with E-state index in [2.05, 4.69) is 36.9 Å². The first-order valence-corrected chi connectivity index (χ1v) is 12.9. The Morgan fingerprint density at radius 2 is 1.66 bits per heavy atom. The molecule has 2 heterocycles. The van der Waals surface area contributed by atoms with E-state index in [1.165, 1.54) is 33.3 Å². The summed E-state index contributed by atoms with van der Waals surface area (Å²) in [7, 11) is -3.63. The number of rotatable bonds is 4. The van der Waals surface area contributed by atoms with Gasteiger partial charge in [-0.05, 0) is 68.1 Å². The largest absolute Gasteiger partial charge is 0.368 e. The highest BCUT2D eigenvalue weighted by Gasteiger charge is 2.36. The van der Waals surface area contributed by atoms with Crippen molar-refractivity contribution in [3.63, 3.8) is 0 Å². The Bertz CT molecular complexity index is 1080. The van der Waals surface area contributed by atoms with Gasteiger partial charge in [0.1, 0.15) is 0 Å². The van der Waals surface area contributed by atoms with Crippen LogP contribution in [-0.2, 0) is 14.8 Å². The summed E-state index contributed by atoms with van der Waals surface area (Å²) in [5, 5.41) is 0.496. The molecule has 0 spiro atoms. The van der Waals surface area contributed by atoms with Gasteiger partial charge in [0, 0.05) is 50.0 Å². The third kappa shape index (κ3) is 4.65. The van der Waals surface area contributed by atoms with E-state index >= 15 is 0 Å². The van der Waals surface area contributed by atoms with Gasteiger partial charge in [0.15, 0.2) is 0 Å². The predicted octanol–water partition coefficient (Wildman–Crippen LogP) is 3.71. The summed E-state index contributed by atoms with van der Waals surface area (Å²) in [6.45, 7) is 7.83. The maximum atomic E-state index is 13.2. The SMILES string of the molecule is Cc1cccc(N2CCN(C(=O)[C@H]3CCCN(S(=O)(=O)c4ccc(Cl)cc4)C3)CC2)c1C. The Hall–Kier alpha value is -2.09. The van der Waals surface area contributed by atoms with Gasteiger partial charge in [0.05, 0.1) is 10.8 Å². The lowest BCUT2D eigenvalue weighted by molar-refractivity contribution is -0.137. The van der Waals surface area contributed by atoms with E-state index in [0.717, 1.165) is 19.5 Å². The fourth-order valence-electron chi connectivity index (χ4n) is 4.62. The zero-order chi connectivity index (χ0) is 22.9. The topological polar surface area (TPSA) is 60.9 Å². The van der Waals surface area contributed by atoms with Gasteiger partial charge in [-0.1, -0.05) is 23.7 Å². The molecule has 32 heavy (non-hydrogen) atoms. The fraction of sp³-hybridized carbons (Fsp3) is 0.458. The normalized spacial score (nSPS) is 20.4. The third-order valence-corrected chi connectivity index (χ3v) is 8.82. The number of halogens is 1. The number of aryl methyl sites for hydroxylation is 1. The minimum atomic E-state index is -3.63. The zero-order valence-electron chi connectivity index (χ0n) is 18.6. The van der Waals surface area contributed by atoms with Crippen molar-refractivity contribution in [2.75, 3.05) is 44.2 Å². The van der Waals surface area contributed by atoms with Crippen molar-refractivity contribution < 1.29 is 13.2 Å². The van der Waals surface area contributed by atoms with E-state index in [1.807, 2.05) is 4.90 Å². The van der Waals surface area contributed by atoms with Crippen LogP contribution < -0.4 is 4.90 Å². The maximum absolute atomic E-state index is 13.2. The second-order valence-corrected chi connectivity index (χ2v) is 11.1. The van der Waals surface area contributed by atoms with Gasteiger partial charge in [-0.2, -0.15) is 4.31 Å². The molecule has 172 valence electrons. The number of hydrogen-bond acceptors (Lipinski definition) is 4. The van der Waals surface area contributed by atoms with Crippen molar-refractivity contribution in [1.29, 1.82) is 0 Å². The Morgan fingerprint density at radius 3 is 2.34 bits per heavy atom. The first kappa shape index (κ1) is 23.1. The van der Waals surface area contributed by atoms with Crippen LogP contribution in [0.15, 0.2) is 47.4 Å². The van der Waals surface area contributed by atoms with Crippen LogP contribution in [0.4, 0.5) is 5.69 Å². The van der Waals surface area contributed by atoms with Crippen LogP contribution in [0.1, 0.15) is 24.0 Å². The van der Waals surface area contributed by atoms with Crippen molar-refractivity contribution in [2.24, 2.45) is 5.92 Å². The van der Waals surface area contributed by atoms with Gasteiger partial charge in [-0.3, -0.25) is 4.79 Å². The molecular weight excluding hydrogens is 446 g/mol. The lowest BCUT2D eigenvalue weighted by Crippen LogP contribution is -2.53. The van der Waals surface area contributed by atoms with Crippen LogP contribution in [0.2, 0.25) is 5.02 Å². The van der Waals surface area contributed by atoms with Crippen molar-refractivity contribution in [3.05, 3.63) is 58.6 Å². The minimum absolute atomic E-state index is 0.0709. The van der Waals surface area contributed by atoms with Crippen LogP contribution in [0.3, 0.4) is 0 Å². The Balaban J connectivity index is 1.40. The molecule has 0 bridgehead atoms. The average molecular weight is 476 g/mol. The highest BCUT2D eigenvalue weighted by Crippen LogP contribution is 2.28. The Morgan fingerprint density at radius 1 is 0.969 bits per heavy atom. The Labute approximate surface area is 195 Å². The molecule has 4 rings (SSSR count). The number of carbonyl (C=O) groups excluding carboxylic acids is 1. The lowest BCUT2D eigenvalue weighted by Gasteiger charge is -2.40. The van der Waals surface area contributed by atoms with E-state index in [0.29, 0.717) is 31.1 Å². The lowest BCUT2D eigenvalue weighted by atomic mass is 9.97. The van der Waals surface area contributed by atoms with Gasteiger partial charge in [-0.25, -0.2) is 8.42 Å². The summed E-state index contributed by atoms with van der Waals surface area (Å²) in [5.74, 6) is -0.222. The Kier molecular flexibility index (Phi) is 6.79. The number of nitrogens with zero attached hydrogens (tertiary/aromatic N) is 3. The molecule has 0 N–H and O–H groups in total. The number of piperazine rings is 1. The van der Waals surface area contributed by atoms with E-state index in [9.17, 15) is 13.2 Å². The quantitative estimate of drug-likeness (QED) is 0.676. The molecular formula is C24H30ClN3O3S. The van der Waals surface area contributed by atoms with Gasteiger partial charge < -0.3 is 9.80 Å². The van der Waals surface area contributed by atoms with Gasteiger partial charge in [-0.15, -0.1) is 0 Å². The predicted molar refractivity (Wildman–Crippen MR) is 128 cm³/mol. The molecule has 0 unspecified atom stereocenters. The van der Waals surface area contributed by atoms with Gasteiger partial charge in [0.2, 0.25) is 15.9 Å². The van der Waals surface area contributed by atoms with E-state index in [4.69, 9.17) is 11.6 Å². The number of carbonyl (C=O) groups is 1. The van der Waals surface area contributed by atoms with Crippen molar-refractivity contribution >= 4 is 33.2 Å². The highest BCUT2D eigenvalue weighted by atomic mass is 35.5. The summed E-state index contributed by atoms with van der Waals surface area (Å²) in [5.41, 5.74) is 3.78. The third-order valence-electron chi connectivity index (χ3n) is 6.69.